The first-order valence-electron chi connectivity index (χ1n) is 7.01. The van der Waals surface area contributed by atoms with Crippen LogP contribution < -0.4 is 5.32 Å². The van der Waals surface area contributed by atoms with Crippen LogP contribution >= 0.6 is 0 Å². The highest BCUT2D eigenvalue weighted by atomic mass is 16.7. The van der Waals surface area contributed by atoms with Crippen molar-refractivity contribution in [2.45, 2.75) is 38.5 Å². The summed E-state index contributed by atoms with van der Waals surface area (Å²) in [6.45, 7) is 0.431. The van der Waals surface area contributed by atoms with Crippen molar-refractivity contribution in [3.8, 4) is 0 Å². The maximum atomic E-state index is 11.5. The van der Waals surface area contributed by atoms with Gasteiger partial charge in [0.05, 0.1) is 0 Å². The summed E-state index contributed by atoms with van der Waals surface area (Å²) in [7, 11) is 0. The van der Waals surface area contributed by atoms with Crippen LogP contribution in [-0.4, -0.2) is 41.6 Å². The van der Waals surface area contributed by atoms with Crippen molar-refractivity contribution in [3.05, 3.63) is 12.2 Å². The van der Waals surface area contributed by atoms with E-state index in [2.05, 4.69) is 5.32 Å². The number of hydroxylamine groups is 2. The largest absolute Gasteiger partial charge is 0.353 e. The normalized spacial score (nSPS) is 14.5. The Morgan fingerprint density at radius 2 is 1.82 bits per heavy atom. The summed E-state index contributed by atoms with van der Waals surface area (Å²) in [6, 6.07) is 0. The zero-order valence-electron chi connectivity index (χ0n) is 12.1. The summed E-state index contributed by atoms with van der Waals surface area (Å²) in [5.41, 5.74) is 0. The maximum absolute atomic E-state index is 11.5. The first-order valence-corrected chi connectivity index (χ1v) is 7.01. The SMILES string of the molecule is O=C/C=C\C(=O)NCCCCCC(=O)ON1C(=O)CCC1=O. The molecular formula is C14H18N2O6. The van der Waals surface area contributed by atoms with Gasteiger partial charge in [0, 0.05) is 31.9 Å². The third-order valence-electron chi connectivity index (χ3n) is 2.88. The van der Waals surface area contributed by atoms with Crippen molar-refractivity contribution in [1.82, 2.24) is 10.4 Å². The van der Waals surface area contributed by atoms with Crippen molar-refractivity contribution in [2.24, 2.45) is 0 Å². The van der Waals surface area contributed by atoms with E-state index in [9.17, 15) is 24.0 Å². The Bertz CT molecular complexity index is 470. The molecule has 1 N–H and O–H groups in total. The Labute approximate surface area is 127 Å². The van der Waals surface area contributed by atoms with Crippen molar-refractivity contribution in [1.29, 1.82) is 0 Å². The fourth-order valence-electron chi connectivity index (χ4n) is 1.77. The zero-order chi connectivity index (χ0) is 16.4. The summed E-state index contributed by atoms with van der Waals surface area (Å²) in [4.78, 5) is 59.7. The molecule has 0 spiro atoms. The average Bonchev–Trinajstić information content (AvgIpc) is 2.80. The molecule has 1 fully saturated rings. The summed E-state index contributed by atoms with van der Waals surface area (Å²) in [5.74, 6) is -1.96. The molecule has 1 aliphatic heterocycles. The number of nitrogens with one attached hydrogen (secondary N) is 1. The average molecular weight is 310 g/mol. The van der Waals surface area contributed by atoms with E-state index in [1.807, 2.05) is 0 Å². The highest BCUT2D eigenvalue weighted by Crippen LogP contribution is 2.13. The van der Waals surface area contributed by atoms with Gasteiger partial charge in [-0.25, -0.2) is 4.79 Å². The number of allylic oxidation sites excluding steroid dienone is 1. The minimum atomic E-state index is -0.624. The van der Waals surface area contributed by atoms with E-state index in [1.54, 1.807) is 0 Å². The van der Waals surface area contributed by atoms with Crippen LogP contribution in [0, 0.1) is 0 Å². The lowest BCUT2D eigenvalue weighted by atomic mass is 10.2. The van der Waals surface area contributed by atoms with Crippen LogP contribution in [0.5, 0.6) is 0 Å². The number of hydrogen-bond donors (Lipinski definition) is 1. The van der Waals surface area contributed by atoms with Gasteiger partial charge >= 0.3 is 5.97 Å². The van der Waals surface area contributed by atoms with E-state index in [4.69, 9.17) is 4.84 Å². The van der Waals surface area contributed by atoms with Crippen molar-refractivity contribution < 1.29 is 28.8 Å². The molecule has 0 aromatic heterocycles. The number of imide groups is 1. The lowest BCUT2D eigenvalue weighted by Gasteiger charge is -2.12. The van der Waals surface area contributed by atoms with E-state index < -0.39 is 17.8 Å². The molecule has 0 aromatic rings. The monoisotopic (exact) mass is 310 g/mol. The van der Waals surface area contributed by atoms with Crippen molar-refractivity contribution >= 4 is 30.0 Å². The second-order valence-electron chi connectivity index (χ2n) is 4.64. The molecule has 0 saturated carbocycles. The van der Waals surface area contributed by atoms with Crippen LogP contribution in [0.2, 0.25) is 0 Å². The van der Waals surface area contributed by atoms with E-state index in [0.717, 1.165) is 12.2 Å². The number of amides is 3. The number of unbranched alkanes of at least 4 members (excludes halogenated alkanes) is 2. The first kappa shape index (κ1) is 17.5. The number of carbonyl (C=O) groups is 5. The fraction of sp³-hybridized carbons (Fsp3) is 0.500. The molecule has 8 heteroatoms. The molecule has 0 aromatic carbocycles. The Balaban J connectivity index is 2.07. The minimum Gasteiger partial charge on any atom is -0.353 e. The van der Waals surface area contributed by atoms with Gasteiger partial charge in [0.1, 0.15) is 6.29 Å². The first-order chi connectivity index (χ1) is 10.5. The van der Waals surface area contributed by atoms with E-state index >= 15 is 0 Å². The highest BCUT2D eigenvalue weighted by Gasteiger charge is 2.32. The molecule has 1 aliphatic rings. The molecule has 120 valence electrons. The molecule has 8 nitrogen and oxygen atoms in total. The molecule has 1 rings (SSSR count). The molecule has 0 bridgehead atoms. The van der Waals surface area contributed by atoms with Crippen LogP contribution in [0.3, 0.4) is 0 Å². The zero-order valence-corrected chi connectivity index (χ0v) is 12.1. The van der Waals surface area contributed by atoms with Gasteiger partial charge in [0.15, 0.2) is 0 Å². The number of carbonyl (C=O) groups excluding carboxylic acids is 5. The van der Waals surface area contributed by atoms with Crippen molar-refractivity contribution in [2.75, 3.05) is 6.54 Å². The van der Waals surface area contributed by atoms with E-state index in [1.165, 1.54) is 0 Å². The van der Waals surface area contributed by atoms with Crippen LogP contribution in [-0.2, 0) is 28.8 Å². The third-order valence-corrected chi connectivity index (χ3v) is 2.88. The van der Waals surface area contributed by atoms with Crippen molar-refractivity contribution in [3.63, 3.8) is 0 Å². The summed E-state index contributed by atoms with van der Waals surface area (Å²) in [5, 5.41) is 3.11. The number of hydrogen-bond acceptors (Lipinski definition) is 6. The topological polar surface area (TPSA) is 110 Å². The molecule has 1 heterocycles. The van der Waals surface area contributed by atoms with Crippen LogP contribution in [0.25, 0.3) is 0 Å². The summed E-state index contributed by atoms with van der Waals surface area (Å²) >= 11 is 0. The van der Waals surface area contributed by atoms with Gasteiger partial charge in [0.25, 0.3) is 11.8 Å². The molecule has 3 amide bonds. The Morgan fingerprint density at radius 1 is 1.14 bits per heavy atom. The second kappa shape index (κ2) is 9.43. The van der Waals surface area contributed by atoms with Crippen LogP contribution in [0.4, 0.5) is 0 Å². The number of aldehydes is 1. The third kappa shape index (κ3) is 6.29. The quantitative estimate of drug-likeness (QED) is 0.278. The number of nitrogens with zero attached hydrogens (tertiary/aromatic N) is 1. The number of rotatable bonds is 9. The standard InChI is InChI=1S/C14H18N2O6/c17-10-4-5-11(18)15-9-3-1-2-6-14(21)22-16-12(19)7-8-13(16)20/h4-5,10H,1-3,6-9H2,(H,15,18)/b5-4-. The lowest BCUT2D eigenvalue weighted by Crippen LogP contribution is -2.31. The van der Waals surface area contributed by atoms with Crippen LogP contribution in [0.1, 0.15) is 38.5 Å². The molecule has 0 atom stereocenters. The Morgan fingerprint density at radius 3 is 2.45 bits per heavy atom. The van der Waals surface area contributed by atoms with Gasteiger partial charge in [-0.2, -0.15) is 0 Å². The minimum absolute atomic E-state index is 0.0738. The molecule has 1 saturated heterocycles. The lowest BCUT2D eigenvalue weighted by molar-refractivity contribution is -0.197. The van der Waals surface area contributed by atoms with Gasteiger partial charge in [-0.05, 0) is 18.9 Å². The molecule has 0 radical (unpaired) electrons. The van der Waals surface area contributed by atoms with Gasteiger partial charge < -0.3 is 10.2 Å². The fourth-order valence-corrected chi connectivity index (χ4v) is 1.77. The van der Waals surface area contributed by atoms with Crippen LogP contribution in [0.15, 0.2) is 12.2 Å². The van der Waals surface area contributed by atoms with E-state index in [-0.39, 0.29) is 25.2 Å². The highest BCUT2D eigenvalue weighted by molar-refractivity contribution is 6.01. The smallest absolute Gasteiger partial charge is 0.333 e. The molecule has 0 unspecified atom stereocenters. The molecule has 0 aliphatic carbocycles. The van der Waals surface area contributed by atoms with Gasteiger partial charge in [-0.3, -0.25) is 19.2 Å². The predicted octanol–water partition coefficient (Wildman–Crippen LogP) is 0.0253. The predicted molar refractivity (Wildman–Crippen MR) is 73.9 cm³/mol. The van der Waals surface area contributed by atoms with E-state index in [0.29, 0.717) is 37.2 Å². The second-order valence-corrected chi connectivity index (χ2v) is 4.64. The van der Waals surface area contributed by atoms with Gasteiger partial charge in [-0.1, -0.05) is 6.42 Å². The Hall–Kier alpha value is -2.51. The molecular weight excluding hydrogens is 292 g/mol. The maximum Gasteiger partial charge on any atom is 0.333 e. The summed E-state index contributed by atoms with van der Waals surface area (Å²) in [6.07, 6.45) is 4.85. The Kier molecular flexibility index (Phi) is 7.52. The summed E-state index contributed by atoms with van der Waals surface area (Å²) < 4.78 is 0. The van der Waals surface area contributed by atoms with Gasteiger partial charge in [0.2, 0.25) is 5.91 Å². The van der Waals surface area contributed by atoms with Gasteiger partial charge in [-0.15, -0.1) is 5.06 Å². The molecule has 22 heavy (non-hydrogen) atoms.